The van der Waals surface area contributed by atoms with Crippen LogP contribution in [0.15, 0.2) is 59.1 Å². The summed E-state index contributed by atoms with van der Waals surface area (Å²) in [4.78, 5) is 16.2. The number of carbonyl (C=O) groups excluding carboxylic acids is 1. The maximum absolute atomic E-state index is 12.9. The molecule has 0 radical (unpaired) electrons. The molecule has 0 saturated carbocycles. The van der Waals surface area contributed by atoms with Crippen LogP contribution in [0.4, 0.5) is 10.1 Å². The number of halogens is 1. The second-order valence-electron chi connectivity index (χ2n) is 5.51. The molecule has 2 aromatic carbocycles. The van der Waals surface area contributed by atoms with Crippen molar-refractivity contribution < 1.29 is 13.7 Å². The monoisotopic (exact) mass is 385 g/mol. The minimum atomic E-state index is -0.343. The van der Waals surface area contributed by atoms with Crippen molar-refractivity contribution in [1.29, 1.82) is 0 Å². The molecular formula is C18H16FN5O2S. The largest absolute Gasteiger partial charge is 0.339 e. The quantitative estimate of drug-likeness (QED) is 0.459. The van der Waals surface area contributed by atoms with Crippen LogP contribution in [0.25, 0.3) is 11.4 Å². The van der Waals surface area contributed by atoms with Crippen LogP contribution in [0.3, 0.4) is 0 Å². The van der Waals surface area contributed by atoms with E-state index in [4.69, 9.17) is 16.7 Å². The van der Waals surface area contributed by atoms with Gasteiger partial charge in [0.25, 0.3) is 0 Å². The van der Waals surface area contributed by atoms with Gasteiger partial charge >= 0.3 is 0 Å². The zero-order valence-corrected chi connectivity index (χ0v) is 14.9. The Labute approximate surface area is 159 Å². The molecule has 3 aromatic rings. The predicted octanol–water partition coefficient (Wildman–Crippen LogP) is 2.83. The first-order valence-electron chi connectivity index (χ1n) is 8.09. The van der Waals surface area contributed by atoms with E-state index in [1.165, 1.54) is 24.3 Å². The van der Waals surface area contributed by atoms with Crippen LogP contribution in [0.1, 0.15) is 12.3 Å². The zero-order valence-electron chi connectivity index (χ0n) is 14.1. The van der Waals surface area contributed by atoms with E-state index >= 15 is 0 Å². The van der Waals surface area contributed by atoms with E-state index in [2.05, 4.69) is 26.3 Å². The zero-order chi connectivity index (χ0) is 19.1. The Morgan fingerprint density at radius 1 is 1.07 bits per heavy atom. The third-order valence-electron chi connectivity index (χ3n) is 3.48. The summed E-state index contributed by atoms with van der Waals surface area (Å²) in [6.07, 6.45) is 0.439. The number of aryl methyl sites for hydroxylation is 1. The Morgan fingerprint density at radius 3 is 2.56 bits per heavy atom. The first-order valence-corrected chi connectivity index (χ1v) is 8.50. The van der Waals surface area contributed by atoms with Gasteiger partial charge in [-0.2, -0.15) is 4.98 Å². The molecule has 0 aliphatic rings. The topological polar surface area (TPSA) is 92.1 Å². The second kappa shape index (κ2) is 8.86. The number of hydrogen-bond donors (Lipinski definition) is 3. The molecule has 1 aromatic heterocycles. The molecule has 0 fully saturated rings. The van der Waals surface area contributed by atoms with Crippen LogP contribution >= 0.6 is 12.2 Å². The molecule has 0 bridgehead atoms. The Kier molecular flexibility index (Phi) is 6.06. The van der Waals surface area contributed by atoms with Crippen molar-refractivity contribution in [2.24, 2.45) is 0 Å². The fraction of sp³-hybridized carbons (Fsp3) is 0.111. The highest BCUT2D eigenvalue weighted by atomic mass is 32.1. The molecule has 0 atom stereocenters. The highest BCUT2D eigenvalue weighted by Gasteiger charge is 2.10. The van der Waals surface area contributed by atoms with Crippen LogP contribution in [-0.2, 0) is 11.2 Å². The molecule has 0 unspecified atom stereocenters. The molecular weight excluding hydrogens is 369 g/mol. The van der Waals surface area contributed by atoms with Gasteiger partial charge in [-0.05, 0) is 36.5 Å². The van der Waals surface area contributed by atoms with Crippen molar-refractivity contribution in [3.05, 3.63) is 66.3 Å². The Bertz CT molecular complexity index is 915. The molecule has 1 amide bonds. The van der Waals surface area contributed by atoms with E-state index in [0.717, 1.165) is 5.56 Å². The van der Waals surface area contributed by atoms with Gasteiger partial charge in [0.1, 0.15) is 5.82 Å². The van der Waals surface area contributed by atoms with Crippen molar-refractivity contribution in [3.8, 4) is 11.4 Å². The highest BCUT2D eigenvalue weighted by molar-refractivity contribution is 7.80. The lowest BCUT2D eigenvalue weighted by atomic mass is 10.2. The van der Waals surface area contributed by atoms with Crippen LogP contribution in [-0.4, -0.2) is 21.2 Å². The molecule has 3 N–H and O–H groups in total. The molecule has 138 valence electrons. The fourth-order valence-electron chi connectivity index (χ4n) is 2.17. The maximum Gasteiger partial charge on any atom is 0.238 e. The summed E-state index contributed by atoms with van der Waals surface area (Å²) in [6.45, 7) is 0. The number of thiocarbonyl (C=S) groups is 1. The Morgan fingerprint density at radius 2 is 1.81 bits per heavy atom. The number of hydrazine groups is 1. The number of benzene rings is 2. The van der Waals surface area contributed by atoms with Crippen molar-refractivity contribution in [3.63, 3.8) is 0 Å². The van der Waals surface area contributed by atoms with Gasteiger partial charge in [0.05, 0.1) is 0 Å². The smallest absolute Gasteiger partial charge is 0.238 e. The number of hydrogen-bond acceptors (Lipinski definition) is 5. The van der Waals surface area contributed by atoms with Crippen molar-refractivity contribution in [1.82, 2.24) is 21.0 Å². The summed E-state index contributed by atoms with van der Waals surface area (Å²) in [6, 6.07) is 15.1. The van der Waals surface area contributed by atoms with Gasteiger partial charge < -0.3 is 9.84 Å². The van der Waals surface area contributed by atoms with Crippen LogP contribution < -0.4 is 16.2 Å². The van der Waals surface area contributed by atoms with Gasteiger partial charge in [-0.1, -0.05) is 35.5 Å². The molecule has 0 aliphatic heterocycles. The number of anilines is 1. The average molecular weight is 385 g/mol. The summed E-state index contributed by atoms with van der Waals surface area (Å²) in [5, 5.41) is 6.90. The summed E-state index contributed by atoms with van der Waals surface area (Å²) >= 11 is 5.05. The van der Waals surface area contributed by atoms with E-state index in [9.17, 15) is 9.18 Å². The number of amides is 1. The molecule has 1 heterocycles. The van der Waals surface area contributed by atoms with E-state index < -0.39 is 0 Å². The Balaban J connectivity index is 1.41. The maximum atomic E-state index is 12.9. The molecule has 3 rings (SSSR count). The third-order valence-corrected chi connectivity index (χ3v) is 3.69. The van der Waals surface area contributed by atoms with Gasteiger partial charge in [0, 0.05) is 24.1 Å². The van der Waals surface area contributed by atoms with Crippen LogP contribution in [0, 0.1) is 5.82 Å². The minimum absolute atomic E-state index is 0.141. The first-order chi connectivity index (χ1) is 13.1. The lowest BCUT2D eigenvalue weighted by molar-refractivity contribution is -0.121. The number of nitrogens with zero attached hydrogens (tertiary/aromatic N) is 2. The van der Waals surface area contributed by atoms with Gasteiger partial charge in [-0.3, -0.25) is 15.6 Å². The second-order valence-corrected chi connectivity index (χ2v) is 5.92. The summed E-state index contributed by atoms with van der Waals surface area (Å²) in [5.74, 6) is 0.215. The van der Waals surface area contributed by atoms with E-state index in [1.54, 1.807) is 0 Å². The minimum Gasteiger partial charge on any atom is -0.339 e. The van der Waals surface area contributed by atoms with Gasteiger partial charge in [0.15, 0.2) is 5.11 Å². The summed E-state index contributed by atoms with van der Waals surface area (Å²) in [7, 11) is 0. The molecule has 0 aliphatic carbocycles. The number of rotatable bonds is 5. The highest BCUT2D eigenvalue weighted by Crippen LogP contribution is 2.15. The molecule has 9 heteroatoms. The van der Waals surface area contributed by atoms with Gasteiger partial charge in [-0.25, -0.2) is 4.39 Å². The first kappa shape index (κ1) is 18.5. The molecule has 0 saturated heterocycles. The summed E-state index contributed by atoms with van der Waals surface area (Å²) < 4.78 is 18.0. The van der Waals surface area contributed by atoms with E-state index in [-0.39, 0.29) is 23.3 Å². The third kappa shape index (κ3) is 5.58. The van der Waals surface area contributed by atoms with Crippen LogP contribution in [0.5, 0.6) is 0 Å². The van der Waals surface area contributed by atoms with Crippen molar-refractivity contribution >= 4 is 28.9 Å². The predicted molar refractivity (Wildman–Crippen MR) is 102 cm³/mol. The molecule has 27 heavy (non-hydrogen) atoms. The van der Waals surface area contributed by atoms with Crippen molar-refractivity contribution in [2.75, 3.05) is 5.32 Å². The summed E-state index contributed by atoms with van der Waals surface area (Å²) in [5.41, 5.74) is 6.48. The average Bonchev–Trinajstić information content (AvgIpc) is 3.16. The van der Waals surface area contributed by atoms with E-state index in [1.807, 2.05) is 30.3 Å². The standard InChI is InChI=1S/C18H16FN5O2S/c19-13-6-8-14(9-7-13)20-18(27)23-22-15(25)10-11-16-21-17(24-26-16)12-4-2-1-3-5-12/h1-9H,10-11H2,(H,22,25)(H2,20,23,27). The lowest BCUT2D eigenvalue weighted by Crippen LogP contribution is -2.43. The molecule has 0 spiro atoms. The number of nitrogens with one attached hydrogen (secondary N) is 3. The molecule has 7 nitrogen and oxygen atoms in total. The van der Waals surface area contributed by atoms with E-state index in [0.29, 0.717) is 23.8 Å². The number of carbonyl (C=O) groups is 1. The Hall–Kier alpha value is -3.33. The van der Waals surface area contributed by atoms with Crippen LogP contribution in [0.2, 0.25) is 0 Å². The number of aromatic nitrogens is 2. The fourth-order valence-corrected chi connectivity index (χ4v) is 2.33. The normalized spacial score (nSPS) is 10.3. The lowest BCUT2D eigenvalue weighted by Gasteiger charge is -2.11. The van der Waals surface area contributed by atoms with Gasteiger partial charge in [0.2, 0.25) is 17.6 Å². The van der Waals surface area contributed by atoms with Gasteiger partial charge in [-0.15, -0.1) is 0 Å². The SMILES string of the molecule is O=C(CCc1nc(-c2ccccc2)no1)NNC(=S)Nc1ccc(F)cc1. The van der Waals surface area contributed by atoms with Crippen molar-refractivity contribution in [2.45, 2.75) is 12.8 Å².